The van der Waals surface area contributed by atoms with Crippen molar-refractivity contribution in [2.45, 2.75) is 25.6 Å². The molecule has 0 bridgehead atoms. The normalized spacial score (nSPS) is 22.2. The summed E-state index contributed by atoms with van der Waals surface area (Å²) in [6.45, 7) is 3.58. The van der Waals surface area contributed by atoms with E-state index in [2.05, 4.69) is 12.2 Å². The van der Waals surface area contributed by atoms with Crippen LogP contribution in [0.25, 0.3) is 0 Å². The summed E-state index contributed by atoms with van der Waals surface area (Å²) < 4.78 is 26.2. The van der Waals surface area contributed by atoms with E-state index in [-0.39, 0.29) is 5.75 Å². The van der Waals surface area contributed by atoms with E-state index in [1.165, 1.54) is 4.31 Å². The first-order valence-electron chi connectivity index (χ1n) is 7.09. The number of nitrogens with zero attached hydrogens (tertiary/aromatic N) is 1. The van der Waals surface area contributed by atoms with E-state index in [1.54, 1.807) is 7.05 Å². The van der Waals surface area contributed by atoms with Gasteiger partial charge in [-0.3, -0.25) is 0 Å². The van der Waals surface area contributed by atoms with Gasteiger partial charge >= 0.3 is 0 Å². The Kier molecular flexibility index (Phi) is 4.83. The quantitative estimate of drug-likeness (QED) is 0.835. The Morgan fingerprint density at radius 1 is 1.35 bits per heavy atom. The molecule has 0 spiro atoms. The molecule has 2 unspecified atom stereocenters. The summed E-state index contributed by atoms with van der Waals surface area (Å²) in [4.78, 5) is 0. The third kappa shape index (κ3) is 4.04. The zero-order valence-corrected chi connectivity index (χ0v) is 13.3. The molecule has 0 aromatic heterocycles. The molecule has 0 amide bonds. The van der Waals surface area contributed by atoms with Crippen molar-refractivity contribution in [1.82, 2.24) is 9.62 Å². The Bertz CT molecular complexity index is 557. The molecule has 0 heterocycles. The van der Waals surface area contributed by atoms with E-state index in [1.807, 2.05) is 31.3 Å². The van der Waals surface area contributed by atoms with E-state index in [0.29, 0.717) is 18.4 Å². The zero-order valence-electron chi connectivity index (χ0n) is 12.5. The van der Waals surface area contributed by atoms with Crippen LogP contribution in [0.15, 0.2) is 24.3 Å². The van der Waals surface area contributed by atoms with Gasteiger partial charge in [0, 0.05) is 20.1 Å². The molecule has 112 valence electrons. The van der Waals surface area contributed by atoms with Gasteiger partial charge in [-0.05, 0) is 36.4 Å². The minimum atomic E-state index is -3.21. The van der Waals surface area contributed by atoms with Gasteiger partial charge in [0.25, 0.3) is 0 Å². The number of hydrogen-bond acceptors (Lipinski definition) is 3. The Morgan fingerprint density at radius 2 is 2.00 bits per heavy atom. The van der Waals surface area contributed by atoms with Gasteiger partial charge in [0.1, 0.15) is 0 Å². The maximum Gasteiger partial charge on any atom is 0.218 e. The summed E-state index contributed by atoms with van der Waals surface area (Å²) in [6.07, 6.45) is 1.15. The van der Waals surface area contributed by atoms with Gasteiger partial charge in [0.05, 0.1) is 5.75 Å². The SMILES string of the molecule is CNCc1cccc(CS(=O)(=O)N(C)CC2CC2C)c1. The van der Waals surface area contributed by atoms with Crippen molar-refractivity contribution in [2.75, 3.05) is 20.6 Å². The smallest absolute Gasteiger partial charge is 0.218 e. The van der Waals surface area contributed by atoms with Gasteiger partial charge in [-0.2, -0.15) is 0 Å². The minimum Gasteiger partial charge on any atom is -0.316 e. The van der Waals surface area contributed by atoms with Crippen LogP contribution in [0, 0.1) is 11.8 Å². The second-order valence-electron chi connectivity index (χ2n) is 5.86. The lowest BCUT2D eigenvalue weighted by Crippen LogP contribution is -2.30. The van der Waals surface area contributed by atoms with Gasteiger partial charge in [0.15, 0.2) is 0 Å². The maximum absolute atomic E-state index is 12.3. The molecule has 1 aromatic rings. The van der Waals surface area contributed by atoms with Crippen molar-refractivity contribution in [3.8, 4) is 0 Å². The lowest BCUT2D eigenvalue weighted by molar-refractivity contribution is 0.444. The topological polar surface area (TPSA) is 49.4 Å². The highest BCUT2D eigenvalue weighted by molar-refractivity contribution is 7.88. The third-order valence-corrected chi connectivity index (χ3v) is 5.76. The van der Waals surface area contributed by atoms with Gasteiger partial charge in [0.2, 0.25) is 10.0 Å². The van der Waals surface area contributed by atoms with Crippen LogP contribution in [-0.2, 0) is 22.3 Å². The van der Waals surface area contributed by atoms with E-state index >= 15 is 0 Å². The molecule has 1 aliphatic carbocycles. The second-order valence-corrected chi connectivity index (χ2v) is 7.94. The Morgan fingerprint density at radius 3 is 2.60 bits per heavy atom. The fourth-order valence-electron chi connectivity index (χ4n) is 2.45. The first-order valence-corrected chi connectivity index (χ1v) is 8.69. The van der Waals surface area contributed by atoms with Crippen molar-refractivity contribution in [2.24, 2.45) is 11.8 Å². The van der Waals surface area contributed by atoms with Gasteiger partial charge in [-0.15, -0.1) is 0 Å². The number of benzene rings is 1. The second kappa shape index (κ2) is 6.24. The van der Waals surface area contributed by atoms with E-state index in [0.717, 1.165) is 24.1 Å². The lowest BCUT2D eigenvalue weighted by atomic mass is 10.1. The summed E-state index contributed by atoms with van der Waals surface area (Å²) >= 11 is 0. The first-order chi connectivity index (χ1) is 9.42. The number of nitrogens with one attached hydrogen (secondary N) is 1. The molecule has 1 fully saturated rings. The van der Waals surface area contributed by atoms with E-state index in [9.17, 15) is 8.42 Å². The monoisotopic (exact) mass is 296 g/mol. The maximum atomic E-state index is 12.3. The molecule has 0 aliphatic heterocycles. The Labute approximate surface area is 122 Å². The standard InChI is InChI=1S/C15H24N2O2S/c1-12-7-15(12)10-17(3)20(18,19)11-14-6-4-5-13(8-14)9-16-2/h4-6,8,12,15-16H,7,9-11H2,1-3H3. The van der Waals surface area contributed by atoms with Crippen molar-refractivity contribution >= 4 is 10.0 Å². The molecular formula is C15H24N2O2S. The Hall–Kier alpha value is -0.910. The van der Waals surface area contributed by atoms with Crippen LogP contribution in [0.3, 0.4) is 0 Å². The summed E-state index contributed by atoms with van der Waals surface area (Å²) in [5, 5.41) is 3.08. The number of rotatable bonds is 7. The summed E-state index contributed by atoms with van der Waals surface area (Å²) in [5.41, 5.74) is 1.96. The fourth-order valence-corrected chi connectivity index (χ4v) is 3.69. The number of sulfonamides is 1. The average molecular weight is 296 g/mol. The first kappa shape index (κ1) is 15.5. The molecule has 2 rings (SSSR count). The molecule has 1 saturated carbocycles. The van der Waals surface area contributed by atoms with Crippen LogP contribution in [0.2, 0.25) is 0 Å². The highest BCUT2D eigenvalue weighted by atomic mass is 32.2. The third-order valence-electron chi connectivity index (χ3n) is 3.96. The van der Waals surface area contributed by atoms with Crippen molar-refractivity contribution in [1.29, 1.82) is 0 Å². The highest BCUT2D eigenvalue weighted by Gasteiger charge is 2.35. The van der Waals surface area contributed by atoms with Crippen LogP contribution < -0.4 is 5.32 Å². The van der Waals surface area contributed by atoms with Crippen LogP contribution in [0.1, 0.15) is 24.5 Å². The van der Waals surface area contributed by atoms with Crippen molar-refractivity contribution < 1.29 is 8.42 Å². The molecule has 1 aliphatic rings. The van der Waals surface area contributed by atoms with Crippen LogP contribution >= 0.6 is 0 Å². The van der Waals surface area contributed by atoms with E-state index < -0.39 is 10.0 Å². The summed E-state index contributed by atoms with van der Waals surface area (Å²) in [6, 6.07) is 7.76. The van der Waals surface area contributed by atoms with Gasteiger partial charge in [-0.1, -0.05) is 31.2 Å². The lowest BCUT2D eigenvalue weighted by Gasteiger charge is -2.17. The minimum absolute atomic E-state index is 0.0855. The Balaban J connectivity index is 2.01. The summed E-state index contributed by atoms with van der Waals surface area (Å²) in [5.74, 6) is 1.30. The molecule has 0 radical (unpaired) electrons. The zero-order chi connectivity index (χ0) is 14.8. The van der Waals surface area contributed by atoms with Gasteiger partial charge in [-0.25, -0.2) is 12.7 Å². The highest BCUT2D eigenvalue weighted by Crippen LogP contribution is 2.38. The fraction of sp³-hybridized carbons (Fsp3) is 0.600. The molecule has 1 N–H and O–H groups in total. The largest absolute Gasteiger partial charge is 0.316 e. The predicted molar refractivity (Wildman–Crippen MR) is 81.7 cm³/mol. The van der Waals surface area contributed by atoms with Crippen LogP contribution in [-0.4, -0.2) is 33.4 Å². The predicted octanol–water partition coefficient (Wildman–Crippen LogP) is 1.82. The summed E-state index contributed by atoms with van der Waals surface area (Å²) in [7, 11) is 0.365. The molecule has 5 heteroatoms. The molecule has 0 saturated heterocycles. The average Bonchev–Trinajstić information content (AvgIpc) is 3.05. The molecule has 1 aromatic carbocycles. The van der Waals surface area contributed by atoms with Crippen LogP contribution in [0.4, 0.5) is 0 Å². The van der Waals surface area contributed by atoms with Gasteiger partial charge < -0.3 is 5.32 Å². The van der Waals surface area contributed by atoms with Crippen LogP contribution in [0.5, 0.6) is 0 Å². The molecular weight excluding hydrogens is 272 g/mol. The van der Waals surface area contributed by atoms with Crippen molar-refractivity contribution in [3.05, 3.63) is 35.4 Å². The number of hydrogen-bond donors (Lipinski definition) is 1. The van der Waals surface area contributed by atoms with Crippen molar-refractivity contribution in [3.63, 3.8) is 0 Å². The molecule has 4 nitrogen and oxygen atoms in total. The molecule has 2 atom stereocenters. The van der Waals surface area contributed by atoms with E-state index in [4.69, 9.17) is 0 Å². The molecule has 20 heavy (non-hydrogen) atoms.